The van der Waals surface area contributed by atoms with Crippen molar-refractivity contribution in [2.45, 2.75) is 62.0 Å². The highest BCUT2D eigenvalue weighted by atomic mass is 32.2. The number of rotatable bonds is 8. The van der Waals surface area contributed by atoms with Gasteiger partial charge in [-0.2, -0.15) is 0 Å². The van der Waals surface area contributed by atoms with Crippen LogP contribution < -0.4 is 19.5 Å². The lowest BCUT2D eigenvalue weighted by Crippen LogP contribution is -2.30. The Kier molecular flexibility index (Phi) is 7.13. The zero-order valence-electron chi connectivity index (χ0n) is 20.0. The van der Waals surface area contributed by atoms with Gasteiger partial charge in [0.25, 0.3) is 0 Å². The first-order chi connectivity index (χ1) is 17.1. The summed E-state index contributed by atoms with van der Waals surface area (Å²) >= 11 is 1.46. The molecule has 0 radical (unpaired) electrons. The summed E-state index contributed by atoms with van der Waals surface area (Å²) in [7, 11) is 1.66. The van der Waals surface area contributed by atoms with Crippen LogP contribution in [-0.2, 0) is 11.3 Å². The van der Waals surface area contributed by atoms with E-state index in [0.29, 0.717) is 18.3 Å². The maximum Gasteiger partial charge on any atom is 0.233 e. The minimum atomic E-state index is -0.320. The summed E-state index contributed by atoms with van der Waals surface area (Å²) in [6.45, 7) is 2.57. The van der Waals surface area contributed by atoms with E-state index in [1.807, 2.05) is 49.4 Å². The molecule has 1 fully saturated rings. The van der Waals surface area contributed by atoms with Crippen LogP contribution in [0.2, 0.25) is 0 Å². The van der Waals surface area contributed by atoms with E-state index in [4.69, 9.17) is 14.2 Å². The quantitative estimate of drug-likeness (QED) is 0.442. The highest BCUT2D eigenvalue weighted by molar-refractivity contribution is 8.00. The number of amides is 1. The van der Waals surface area contributed by atoms with E-state index in [-0.39, 0.29) is 18.0 Å². The standard InChI is InChI=1S/C26H30N4O4S/c1-17(25(31)27-15-18-8-13-22-23(14-18)34-16-33-22)35-26-29-28-24(19-9-11-21(32-2)12-10-19)30(26)20-6-4-3-5-7-20/h8-14,17,20H,3-7,15-16H2,1-2H3,(H,27,31). The van der Waals surface area contributed by atoms with Gasteiger partial charge in [-0.1, -0.05) is 37.1 Å². The average Bonchev–Trinajstić information content (AvgIpc) is 3.54. The number of aromatic nitrogens is 3. The van der Waals surface area contributed by atoms with Crippen LogP contribution in [0.15, 0.2) is 47.6 Å². The van der Waals surface area contributed by atoms with Gasteiger partial charge in [-0.3, -0.25) is 9.36 Å². The molecule has 1 aliphatic carbocycles. The van der Waals surface area contributed by atoms with Gasteiger partial charge in [0.2, 0.25) is 12.7 Å². The van der Waals surface area contributed by atoms with Crippen LogP contribution in [0.25, 0.3) is 11.4 Å². The van der Waals surface area contributed by atoms with Gasteiger partial charge in [0.05, 0.1) is 12.4 Å². The van der Waals surface area contributed by atoms with Gasteiger partial charge in [0.1, 0.15) is 5.75 Å². The number of methoxy groups -OCH3 is 1. The maximum atomic E-state index is 12.9. The van der Waals surface area contributed by atoms with Gasteiger partial charge >= 0.3 is 0 Å². The summed E-state index contributed by atoms with van der Waals surface area (Å²) in [5, 5.41) is 12.6. The molecular formula is C26H30N4O4S. The maximum absolute atomic E-state index is 12.9. The molecule has 1 N–H and O–H groups in total. The number of hydrogen-bond donors (Lipinski definition) is 1. The summed E-state index contributed by atoms with van der Waals surface area (Å²) in [6.07, 6.45) is 5.84. The van der Waals surface area contributed by atoms with Crippen molar-refractivity contribution in [1.29, 1.82) is 0 Å². The minimum Gasteiger partial charge on any atom is -0.497 e. The molecule has 2 heterocycles. The molecule has 1 amide bonds. The highest BCUT2D eigenvalue weighted by Gasteiger charge is 2.26. The summed E-state index contributed by atoms with van der Waals surface area (Å²) in [4.78, 5) is 12.9. The first kappa shape index (κ1) is 23.5. The second kappa shape index (κ2) is 10.6. The molecule has 0 saturated heterocycles. The van der Waals surface area contributed by atoms with Crippen LogP contribution in [-0.4, -0.2) is 39.8 Å². The summed E-state index contributed by atoms with van der Waals surface area (Å²) in [5.41, 5.74) is 1.96. The Bertz CT molecular complexity index is 1170. The largest absolute Gasteiger partial charge is 0.497 e. The van der Waals surface area contributed by atoms with E-state index in [1.165, 1.54) is 31.0 Å². The Hall–Kier alpha value is -3.20. The number of ether oxygens (including phenoxy) is 3. The Morgan fingerprint density at radius 1 is 1.11 bits per heavy atom. The van der Waals surface area contributed by atoms with Gasteiger partial charge in [-0.05, 0) is 61.7 Å². The van der Waals surface area contributed by atoms with E-state index in [1.54, 1.807) is 7.11 Å². The predicted molar refractivity (Wildman–Crippen MR) is 134 cm³/mol. The molecule has 35 heavy (non-hydrogen) atoms. The number of carbonyl (C=O) groups excluding carboxylic acids is 1. The molecular weight excluding hydrogens is 464 g/mol. The van der Waals surface area contributed by atoms with Gasteiger partial charge in [-0.25, -0.2) is 0 Å². The molecule has 1 atom stereocenters. The van der Waals surface area contributed by atoms with Gasteiger partial charge < -0.3 is 19.5 Å². The Morgan fingerprint density at radius 2 is 1.89 bits per heavy atom. The molecule has 1 aromatic heterocycles. The summed E-state index contributed by atoms with van der Waals surface area (Å²) in [5.74, 6) is 3.05. The van der Waals surface area contributed by atoms with E-state index >= 15 is 0 Å². The van der Waals surface area contributed by atoms with Crippen molar-refractivity contribution in [3.8, 4) is 28.6 Å². The van der Waals surface area contributed by atoms with E-state index in [9.17, 15) is 4.79 Å². The van der Waals surface area contributed by atoms with Gasteiger partial charge in [0, 0.05) is 18.2 Å². The fourth-order valence-electron chi connectivity index (χ4n) is 4.56. The summed E-state index contributed by atoms with van der Waals surface area (Å²) < 4.78 is 18.3. The van der Waals surface area contributed by atoms with E-state index in [2.05, 4.69) is 20.1 Å². The first-order valence-electron chi connectivity index (χ1n) is 12.0. The van der Waals surface area contributed by atoms with Gasteiger partial charge in [0.15, 0.2) is 22.5 Å². The lowest BCUT2D eigenvalue weighted by molar-refractivity contribution is -0.120. The fraction of sp³-hybridized carbons (Fsp3) is 0.423. The molecule has 5 rings (SSSR count). The van der Waals surface area contributed by atoms with E-state index < -0.39 is 0 Å². The van der Waals surface area contributed by atoms with E-state index in [0.717, 1.165) is 46.4 Å². The predicted octanol–water partition coefficient (Wildman–Crippen LogP) is 4.98. The topological polar surface area (TPSA) is 87.5 Å². The van der Waals surface area contributed by atoms with Crippen LogP contribution in [0.4, 0.5) is 0 Å². The second-order valence-corrected chi connectivity index (χ2v) is 10.2. The minimum absolute atomic E-state index is 0.0446. The number of benzene rings is 2. The monoisotopic (exact) mass is 494 g/mol. The van der Waals surface area contributed by atoms with Crippen molar-refractivity contribution in [1.82, 2.24) is 20.1 Å². The van der Waals surface area contributed by atoms with Crippen LogP contribution >= 0.6 is 11.8 Å². The zero-order valence-corrected chi connectivity index (χ0v) is 20.8. The Morgan fingerprint density at radius 3 is 2.66 bits per heavy atom. The number of fused-ring (bicyclic) bond motifs is 1. The number of thioether (sulfide) groups is 1. The van der Waals surface area contributed by atoms with Crippen molar-refractivity contribution in [2.75, 3.05) is 13.9 Å². The zero-order chi connectivity index (χ0) is 24.2. The first-order valence-corrected chi connectivity index (χ1v) is 12.9. The third-order valence-corrected chi connectivity index (χ3v) is 7.56. The summed E-state index contributed by atoms with van der Waals surface area (Å²) in [6, 6.07) is 13.9. The third kappa shape index (κ3) is 5.24. The Labute approximate surface area is 209 Å². The van der Waals surface area contributed by atoms with Crippen molar-refractivity contribution in [3.63, 3.8) is 0 Å². The molecule has 8 nitrogen and oxygen atoms in total. The molecule has 0 bridgehead atoms. The van der Waals surface area contributed by atoms with Crippen molar-refractivity contribution in [2.24, 2.45) is 0 Å². The van der Waals surface area contributed by atoms with Crippen molar-refractivity contribution in [3.05, 3.63) is 48.0 Å². The Balaban J connectivity index is 1.30. The van der Waals surface area contributed by atoms with Crippen molar-refractivity contribution >= 4 is 17.7 Å². The number of hydrogen-bond acceptors (Lipinski definition) is 7. The average molecular weight is 495 g/mol. The molecule has 3 aromatic rings. The molecule has 2 aliphatic rings. The third-order valence-electron chi connectivity index (χ3n) is 6.51. The van der Waals surface area contributed by atoms with Crippen LogP contribution in [0.1, 0.15) is 50.6 Å². The van der Waals surface area contributed by atoms with Gasteiger partial charge in [-0.15, -0.1) is 10.2 Å². The van der Waals surface area contributed by atoms with Crippen molar-refractivity contribution < 1.29 is 19.0 Å². The molecule has 184 valence electrons. The normalized spacial score (nSPS) is 16.2. The molecule has 9 heteroatoms. The lowest BCUT2D eigenvalue weighted by atomic mass is 9.95. The van der Waals surface area contributed by atoms with Crippen LogP contribution in [0.3, 0.4) is 0 Å². The fourth-order valence-corrected chi connectivity index (χ4v) is 5.50. The number of carbonyl (C=O) groups is 1. The smallest absolute Gasteiger partial charge is 0.233 e. The second-order valence-electron chi connectivity index (χ2n) is 8.86. The molecule has 1 aliphatic heterocycles. The number of nitrogens with one attached hydrogen (secondary N) is 1. The molecule has 2 aromatic carbocycles. The SMILES string of the molecule is COc1ccc(-c2nnc(SC(C)C(=O)NCc3ccc4c(c3)OCO4)n2C2CCCCC2)cc1. The number of nitrogens with zero attached hydrogens (tertiary/aromatic N) is 3. The van der Waals surface area contributed by atoms with Crippen LogP contribution in [0, 0.1) is 0 Å². The lowest BCUT2D eigenvalue weighted by Gasteiger charge is -2.26. The molecule has 1 unspecified atom stereocenters. The molecule has 0 spiro atoms. The van der Waals surface area contributed by atoms with Crippen LogP contribution in [0.5, 0.6) is 17.2 Å². The molecule has 1 saturated carbocycles. The highest BCUT2D eigenvalue weighted by Crippen LogP contribution is 2.37.